The zero-order chi connectivity index (χ0) is 16.8. The molecule has 118 valence electrons. The maximum Gasteiger partial charge on any atom is 0.335 e. The topological polar surface area (TPSA) is 97.4 Å². The first-order chi connectivity index (χ1) is 10.8. The average molecular weight is 330 g/mol. The van der Waals surface area contributed by atoms with Gasteiger partial charge in [-0.1, -0.05) is 44.2 Å². The van der Waals surface area contributed by atoms with E-state index in [1.54, 1.807) is 12.1 Å². The number of benzene rings is 1. The molecule has 0 amide bonds. The molecular weight excluding hydrogens is 316 g/mol. The Morgan fingerprint density at radius 3 is 2.39 bits per heavy atom. The van der Waals surface area contributed by atoms with Gasteiger partial charge in [0, 0.05) is 11.0 Å². The number of carboxylic acids is 1. The normalized spacial score (nSPS) is 11.8. The third-order valence-corrected chi connectivity index (χ3v) is 4.23. The van der Waals surface area contributed by atoms with Crippen LogP contribution in [0.3, 0.4) is 0 Å². The molecule has 23 heavy (non-hydrogen) atoms. The van der Waals surface area contributed by atoms with Gasteiger partial charge >= 0.3 is 5.97 Å². The van der Waals surface area contributed by atoms with E-state index in [1.807, 2.05) is 20.8 Å². The molecule has 0 aliphatic rings. The molecule has 0 radical (unpaired) electrons. The fourth-order valence-electron chi connectivity index (χ4n) is 2.06. The molecule has 0 bridgehead atoms. The van der Waals surface area contributed by atoms with Crippen molar-refractivity contribution in [3.05, 3.63) is 45.9 Å². The second-order valence-corrected chi connectivity index (χ2v) is 7.04. The largest absolute Gasteiger partial charge is 0.478 e. The molecule has 0 saturated heterocycles. The number of carbonyl (C=O) groups is 1. The van der Waals surface area contributed by atoms with Crippen LogP contribution in [0.15, 0.2) is 29.1 Å². The number of rotatable bonds is 2. The van der Waals surface area contributed by atoms with Crippen molar-refractivity contribution < 1.29 is 9.90 Å². The summed E-state index contributed by atoms with van der Waals surface area (Å²) in [5.41, 5.74) is 0.572. The van der Waals surface area contributed by atoms with Gasteiger partial charge in [-0.05, 0) is 12.1 Å². The van der Waals surface area contributed by atoms with E-state index in [4.69, 9.17) is 5.11 Å². The van der Waals surface area contributed by atoms with Gasteiger partial charge in [-0.25, -0.2) is 4.79 Å². The van der Waals surface area contributed by atoms with Crippen LogP contribution < -0.4 is 5.56 Å². The lowest BCUT2D eigenvalue weighted by Crippen LogP contribution is -2.30. The average Bonchev–Trinajstić information content (AvgIpc) is 2.91. The second-order valence-electron chi connectivity index (χ2n) is 6.09. The summed E-state index contributed by atoms with van der Waals surface area (Å²) in [6, 6.07) is 6.31. The molecule has 3 rings (SSSR count). The number of hydrogen-bond donors (Lipinski definition) is 1. The highest BCUT2D eigenvalue weighted by Crippen LogP contribution is 2.25. The van der Waals surface area contributed by atoms with E-state index in [9.17, 15) is 9.59 Å². The Kier molecular flexibility index (Phi) is 3.48. The van der Waals surface area contributed by atoms with E-state index in [0.29, 0.717) is 15.7 Å². The first kappa shape index (κ1) is 15.3. The van der Waals surface area contributed by atoms with E-state index in [-0.39, 0.29) is 11.1 Å². The summed E-state index contributed by atoms with van der Waals surface area (Å²) in [7, 11) is 0. The van der Waals surface area contributed by atoms with E-state index in [2.05, 4.69) is 15.3 Å². The molecule has 2 aromatic heterocycles. The molecule has 0 unspecified atom stereocenters. The van der Waals surface area contributed by atoms with Crippen molar-refractivity contribution in [2.75, 3.05) is 0 Å². The van der Waals surface area contributed by atoms with Gasteiger partial charge in [0.1, 0.15) is 10.7 Å². The van der Waals surface area contributed by atoms with Crippen LogP contribution in [0.2, 0.25) is 0 Å². The third kappa shape index (κ3) is 2.72. The predicted molar refractivity (Wildman–Crippen MR) is 86.0 cm³/mol. The quantitative estimate of drug-likeness (QED) is 0.773. The Morgan fingerprint density at radius 2 is 1.83 bits per heavy atom. The lowest BCUT2D eigenvalue weighted by molar-refractivity contribution is 0.0697. The standard InChI is InChI=1S/C15H14N4O3S/c1-15(2,3)10-12(20)19-14(17-16-10)23-11(18-19)8-4-6-9(7-5-8)13(21)22/h4-7H,1-3H3,(H,21,22). The molecule has 0 spiro atoms. The van der Waals surface area contributed by atoms with E-state index >= 15 is 0 Å². The number of fused-ring (bicyclic) bond motifs is 1. The summed E-state index contributed by atoms with van der Waals surface area (Å²) in [6.45, 7) is 5.67. The van der Waals surface area contributed by atoms with Crippen molar-refractivity contribution in [2.24, 2.45) is 0 Å². The molecule has 0 fully saturated rings. The minimum Gasteiger partial charge on any atom is -0.478 e. The SMILES string of the molecule is CC(C)(C)c1nnc2sc(-c3ccc(C(=O)O)cc3)nn2c1=O. The van der Waals surface area contributed by atoms with Crippen molar-refractivity contribution in [1.82, 2.24) is 19.8 Å². The molecule has 0 aliphatic carbocycles. The van der Waals surface area contributed by atoms with Gasteiger partial charge in [-0.3, -0.25) is 4.79 Å². The zero-order valence-electron chi connectivity index (χ0n) is 12.8. The summed E-state index contributed by atoms with van der Waals surface area (Å²) in [5.74, 6) is -0.988. The van der Waals surface area contributed by atoms with Crippen LogP contribution in [-0.4, -0.2) is 30.9 Å². The summed E-state index contributed by atoms with van der Waals surface area (Å²) in [6.07, 6.45) is 0. The smallest absolute Gasteiger partial charge is 0.335 e. The van der Waals surface area contributed by atoms with Gasteiger partial charge < -0.3 is 5.11 Å². The minimum absolute atomic E-state index is 0.196. The van der Waals surface area contributed by atoms with Crippen molar-refractivity contribution in [3.8, 4) is 10.6 Å². The second kappa shape index (κ2) is 5.24. The van der Waals surface area contributed by atoms with Crippen LogP contribution in [0.25, 0.3) is 15.5 Å². The molecule has 3 aromatic rings. The lowest BCUT2D eigenvalue weighted by Gasteiger charge is -2.14. The van der Waals surface area contributed by atoms with Crippen LogP contribution >= 0.6 is 11.3 Å². The van der Waals surface area contributed by atoms with Crippen LogP contribution in [0, 0.1) is 0 Å². The Hall–Kier alpha value is -2.61. The van der Waals surface area contributed by atoms with Crippen LogP contribution in [0.5, 0.6) is 0 Å². The highest BCUT2D eigenvalue weighted by molar-refractivity contribution is 7.19. The Balaban J connectivity index is 2.12. The maximum atomic E-state index is 12.5. The first-order valence-corrected chi connectivity index (χ1v) is 7.70. The predicted octanol–water partition coefficient (Wildman–Crippen LogP) is 2.21. The fourth-order valence-corrected chi connectivity index (χ4v) is 2.90. The number of aromatic nitrogens is 4. The van der Waals surface area contributed by atoms with Crippen molar-refractivity contribution in [2.45, 2.75) is 26.2 Å². The third-order valence-electron chi connectivity index (χ3n) is 3.28. The van der Waals surface area contributed by atoms with Gasteiger partial charge in [-0.2, -0.15) is 9.61 Å². The number of carboxylic acid groups (broad SMARTS) is 1. The molecule has 7 nitrogen and oxygen atoms in total. The molecule has 0 saturated carbocycles. The molecule has 2 heterocycles. The Bertz CT molecular complexity index is 951. The lowest BCUT2D eigenvalue weighted by atomic mass is 9.93. The summed E-state index contributed by atoms with van der Waals surface area (Å²) in [5, 5.41) is 21.9. The van der Waals surface area contributed by atoms with Crippen molar-refractivity contribution in [1.29, 1.82) is 0 Å². The molecule has 8 heteroatoms. The highest BCUT2D eigenvalue weighted by Gasteiger charge is 2.23. The molecular formula is C15H14N4O3S. The van der Waals surface area contributed by atoms with Gasteiger partial charge in [-0.15, -0.1) is 10.2 Å². The number of hydrogen-bond acceptors (Lipinski definition) is 6. The van der Waals surface area contributed by atoms with Gasteiger partial charge in [0.25, 0.3) is 5.56 Å². The highest BCUT2D eigenvalue weighted by atomic mass is 32.1. The number of nitrogens with zero attached hydrogens (tertiary/aromatic N) is 4. The van der Waals surface area contributed by atoms with Crippen LogP contribution in [0.4, 0.5) is 0 Å². The summed E-state index contributed by atoms with van der Waals surface area (Å²) in [4.78, 5) is 23.8. The monoisotopic (exact) mass is 330 g/mol. The molecule has 1 N–H and O–H groups in total. The fraction of sp³-hybridized carbons (Fsp3) is 0.267. The Labute approximate surface area is 135 Å². The minimum atomic E-state index is -0.988. The van der Waals surface area contributed by atoms with Gasteiger partial charge in [0.05, 0.1) is 5.56 Å². The van der Waals surface area contributed by atoms with Crippen LogP contribution in [-0.2, 0) is 5.41 Å². The molecule has 0 aliphatic heterocycles. The number of aromatic carboxylic acids is 1. The van der Waals surface area contributed by atoms with Crippen molar-refractivity contribution in [3.63, 3.8) is 0 Å². The molecule has 0 atom stereocenters. The van der Waals surface area contributed by atoms with E-state index in [0.717, 1.165) is 5.56 Å². The molecule has 1 aromatic carbocycles. The van der Waals surface area contributed by atoms with Crippen LogP contribution in [0.1, 0.15) is 36.8 Å². The first-order valence-electron chi connectivity index (χ1n) is 6.88. The zero-order valence-corrected chi connectivity index (χ0v) is 13.6. The van der Waals surface area contributed by atoms with Gasteiger partial charge in [0.2, 0.25) is 4.96 Å². The maximum absolute atomic E-state index is 12.5. The Morgan fingerprint density at radius 1 is 1.17 bits per heavy atom. The summed E-state index contributed by atoms with van der Waals surface area (Å²) < 4.78 is 1.25. The van der Waals surface area contributed by atoms with Crippen molar-refractivity contribution >= 4 is 22.3 Å². The summed E-state index contributed by atoms with van der Waals surface area (Å²) >= 11 is 1.23. The van der Waals surface area contributed by atoms with E-state index < -0.39 is 11.4 Å². The van der Waals surface area contributed by atoms with Gasteiger partial charge in [0.15, 0.2) is 0 Å². The van der Waals surface area contributed by atoms with E-state index in [1.165, 1.54) is 28.0 Å².